The summed E-state index contributed by atoms with van der Waals surface area (Å²) in [7, 11) is 0. The highest BCUT2D eigenvalue weighted by atomic mass is 32.1. The van der Waals surface area contributed by atoms with Crippen molar-refractivity contribution in [3.63, 3.8) is 0 Å². The van der Waals surface area contributed by atoms with Gasteiger partial charge >= 0.3 is 0 Å². The number of aromatic nitrogens is 1. The van der Waals surface area contributed by atoms with E-state index in [1.165, 1.54) is 5.56 Å². The van der Waals surface area contributed by atoms with Crippen LogP contribution in [0.1, 0.15) is 39.2 Å². The summed E-state index contributed by atoms with van der Waals surface area (Å²) in [5.74, 6) is 0.925. The molecule has 1 aromatic heterocycles. The van der Waals surface area contributed by atoms with Crippen LogP contribution in [0.5, 0.6) is 0 Å². The highest BCUT2D eigenvalue weighted by Crippen LogP contribution is 2.42. The van der Waals surface area contributed by atoms with Crippen molar-refractivity contribution in [2.75, 3.05) is 5.75 Å². The highest BCUT2D eigenvalue weighted by Gasteiger charge is 2.37. The second-order valence-corrected chi connectivity index (χ2v) is 6.94. The Morgan fingerprint density at radius 2 is 1.76 bits per heavy atom. The number of nitrogens with zero attached hydrogens (tertiary/aromatic N) is 1. The predicted molar refractivity (Wildman–Crippen MR) is 82.2 cm³/mol. The first kappa shape index (κ1) is 14.9. The molecule has 17 heavy (non-hydrogen) atoms. The Hall–Kier alpha value is -0.150. The van der Waals surface area contributed by atoms with E-state index in [2.05, 4.69) is 50.5 Å². The predicted octanol–water partition coefficient (Wildman–Crippen LogP) is 4.05. The van der Waals surface area contributed by atoms with Crippen LogP contribution >= 0.6 is 25.3 Å². The van der Waals surface area contributed by atoms with Gasteiger partial charge in [0.25, 0.3) is 0 Å². The van der Waals surface area contributed by atoms with E-state index in [4.69, 9.17) is 12.6 Å². The minimum Gasteiger partial charge on any atom is -0.265 e. The molecule has 0 saturated heterocycles. The minimum absolute atomic E-state index is 0.0110. The van der Waals surface area contributed by atoms with E-state index in [1.807, 2.05) is 12.4 Å². The van der Waals surface area contributed by atoms with Gasteiger partial charge in [-0.3, -0.25) is 4.98 Å². The molecule has 1 aromatic rings. The molecular weight excluding hydrogens is 246 g/mol. The maximum atomic E-state index is 4.99. The van der Waals surface area contributed by atoms with E-state index in [1.54, 1.807) is 0 Å². The Labute approximate surface area is 116 Å². The van der Waals surface area contributed by atoms with Gasteiger partial charge in [0.05, 0.1) is 0 Å². The lowest BCUT2D eigenvalue weighted by molar-refractivity contribution is 0.264. The summed E-state index contributed by atoms with van der Waals surface area (Å²) in [5, 5.41) is 0. The molecule has 0 saturated carbocycles. The first-order chi connectivity index (χ1) is 7.89. The molecule has 0 fully saturated rings. The topological polar surface area (TPSA) is 12.9 Å². The van der Waals surface area contributed by atoms with Crippen LogP contribution in [0.2, 0.25) is 0 Å². The summed E-state index contributed by atoms with van der Waals surface area (Å²) in [4.78, 5) is 4.06. The highest BCUT2D eigenvalue weighted by molar-refractivity contribution is 7.82. The van der Waals surface area contributed by atoms with Gasteiger partial charge in [-0.1, -0.05) is 20.8 Å². The van der Waals surface area contributed by atoms with Crippen molar-refractivity contribution in [2.45, 2.75) is 44.8 Å². The van der Waals surface area contributed by atoms with Crippen LogP contribution in [-0.4, -0.2) is 15.5 Å². The Balaban J connectivity index is 2.84. The van der Waals surface area contributed by atoms with E-state index in [-0.39, 0.29) is 10.2 Å². The second-order valence-electron chi connectivity index (χ2n) is 5.64. The van der Waals surface area contributed by atoms with Crippen molar-refractivity contribution in [3.8, 4) is 0 Å². The Bertz CT molecular complexity index is 332. The largest absolute Gasteiger partial charge is 0.265 e. The maximum Gasteiger partial charge on any atom is 0.0270 e. The summed E-state index contributed by atoms with van der Waals surface area (Å²) in [6.45, 7) is 6.79. The Kier molecular flexibility index (Phi) is 5.39. The Morgan fingerprint density at radius 1 is 1.18 bits per heavy atom. The molecule has 1 rings (SSSR count). The number of hydrogen-bond acceptors (Lipinski definition) is 3. The molecule has 1 heterocycles. The lowest BCUT2D eigenvalue weighted by Gasteiger charge is -2.41. The standard InChI is InChI=1S/C14H23NS2/c1-13(2,3)14(17,7-4-10-16)11-12-5-8-15-9-6-12/h5-6,8-9,16-17H,4,7,10-11H2,1-3H3. The van der Waals surface area contributed by atoms with Gasteiger partial charge in [0.1, 0.15) is 0 Å². The first-order valence-electron chi connectivity index (χ1n) is 6.11. The third kappa shape index (κ3) is 4.22. The van der Waals surface area contributed by atoms with E-state index < -0.39 is 0 Å². The smallest absolute Gasteiger partial charge is 0.0270 e. The zero-order valence-electron chi connectivity index (χ0n) is 11.0. The van der Waals surface area contributed by atoms with Gasteiger partial charge in [0, 0.05) is 17.1 Å². The van der Waals surface area contributed by atoms with Crippen molar-refractivity contribution in [2.24, 2.45) is 5.41 Å². The normalized spacial score (nSPS) is 15.6. The number of pyridine rings is 1. The van der Waals surface area contributed by atoms with Crippen LogP contribution in [0, 0.1) is 5.41 Å². The van der Waals surface area contributed by atoms with Crippen molar-refractivity contribution in [1.82, 2.24) is 4.98 Å². The van der Waals surface area contributed by atoms with Crippen LogP contribution in [0.3, 0.4) is 0 Å². The first-order valence-corrected chi connectivity index (χ1v) is 7.19. The van der Waals surface area contributed by atoms with Crippen molar-refractivity contribution in [1.29, 1.82) is 0 Å². The Morgan fingerprint density at radius 3 is 2.24 bits per heavy atom. The quantitative estimate of drug-likeness (QED) is 0.769. The van der Waals surface area contributed by atoms with E-state index in [0.717, 1.165) is 25.0 Å². The zero-order chi connectivity index (χ0) is 12.9. The molecule has 0 aliphatic rings. The monoisotopic (exact) mass is 269 g/mol. The third-order valence-corrected chi connectivity index (χ3v) is 4.76. The van der Waals surface area contributed by atoms with Gasteiger partial charge in [0.15, 0.2) is 0 Å². The molecule has 0 N–H and O–H groups in total. The average molecular weight is 269 g/mol. The molecule has 0 amide bonds. The molecule has 0 spiro atoms. The molecule has 3 heteroatoms. The van der Waals surface area contributed by atoms with E-state index in [9.17, 15) is 0 Å². The zero-order valence-corrected chi connectivity index (χ0v) is 12.8. The lowest BCUT2D eigenvalue weighted by atomic mass is 9.74. The molecule has 0 bridgehead atoms. The van der Waals surface area contributed by atoms with Gasteiger partial charge in [-0.25, -0.2) is 0 Å². The molecule has 1 nitrogen and oxygen atoms in total. The molecule has 0 aliphatic carbocycles. The minimum atomic E-state index is 0.0110. The maximum absolute atomic E-state index is 4.99. The summed E-state index contributed by atoms with van der Waals surface area (Å²) in [6.07, 6.45) is 6.88. The number of thiol groups is 2. The van der Waals surface area contributed by atoms with Crippen LogP contribution in [0.15, 0.2) is 24.5 Å². The van der Waals surface area contributed by atoms with Gasteiger partial charge < -0.3 is 0 Å². The van der Waals surface area contributed by atoms with Crippen LogP contribution in [-0.2, 0) is 6.42 Å². The average Bonchev–Trinajstić information content (AvgIpc) is 2.26. The fourth-order valence-corrected chi connectivity index (χ4v) is 2.44. The lowest BCUT2D eigenvalue weighted by Crippen LogP contribution is -2.39. The molecular formula is C14H23NS2. The number of rotatable bonds is 5. The van der Waals surface area contributed by atoms with Crippen molar-refractivity contribution in [3.05, 3.63) is 30.1 Å². The summed E-state index contributed by atoms with van der Waals surface area (Å²) in [5.41, 5.74) is 1.48. The van der Waals surface area contributed by atoms with Gasteiger partial charge in [0.2, 0.25) is 0 Å². The van der Waals surface area contributed by atoms with Gasteiger partial charge in [-0.05, 0) is 48.1 Å². The van der Waals surface area contributed by atoms with Crippen molar-refractivity contribution >= 4 is 25.3 Å². The molecule has 96 valence electrons. The molecule has 1 atom stereocenters. The fourth-order valence-electron chi connectivity index (χ4n) is 1.94. The second kappa shape index (κ2) is 6.14. The van der Waals surface area contributed by atoms with Crippen LogP contribution in [0.4, 0.5) is 0 Å². The summed E-state index contributed by atoms with van der Waals surface area (Å²) < 4.78 is 0.0110. The van der Waals surface area contributed by atoms with Crippen LogP contribution < -0.4 is 0 Å². The molecule has 1 unspecified atom stereocenters. The van der Waals surface area contributed by atoms with Gasteiger partial charge in [-0.2, -0.15) is 25.3 Å². The SMILES string of the molecule is CC(C)(C)C(S)(CCCS)Cc1ccncc1. The van der Waals surface area contributed by atoms with Crippen molar-refractivity contribution < 1.29 is 0 Å². The molecule has 0 aliphatic heterocycles. The molecule has 0 radical (unpaired) electrons. The van der Waals surface area contributed by atoms with Crippen LogP contribution in [0.25, 0.3) is 0 Å². The number of hydrogen-bond donors (Lipinski definition) is 2. The molecule has 0 aromatic carbocycles. The summed E-state index contributed by atoms with van der Waals surface area (Å²) in [6, 6.07) is 4.16. The van der Waals surface area contributed by atoms with E-state index >= 15 is 0 Å². The summed E-state index contributed by atoms with van der Waals surface area (Å²) >= 11 is 9.30. The third-order valence-electron chi connectivity index (χ3n) is 3.39. The van der Waals surface area contributed by atoms with Gasteiger partial charge in [-0.15, -0.1) is 0 Å². The fraction of sp³-hybridized carbons (Fsp3) is 0.643. The van der Waals surface area contributed by atoms with E-state index in [0.29, 0.717) is 0 Å².